The first-order chi connectivity index (χ1) is 6.15. The molecule has 0 aromatic carbocycles. The summed E-state index contributed by atoms with van der Waals surface area (Å²) in [6.07, 6.45) is 3.09. The van der Waals surface area contributed by atoms with Crippen molar-refractivity contribution in [3.05, 3.63) is 0 Å². The zero-order chi connectivity index (χ0) is 10.3. The van der Waals surface area contributed by atoms with Crippen LogP contribution in [0, 0.1) is 5.92 Å². The Bertz CT molecular complexity index is 135. The summed E-state index contributed by atoms with van der Waals surface area (Å²) in [4.78, 5) is 10.2. The summed E-state index contributed by atoms with van der Waals surface area (Å²) in [5.41, 5.74) is 0. The molecular weight excluding hydrogens is 166 g/mol. The van der Waals surface area contributed by atoms with Gasteiger partial charge in [0.25, 0.3) is 0 Å². The Hall–Kier alpha value is -0.570. The maximum absolute atomic E-state index is 10.2. The Kier molecular flexibility index (Phi) is 6.59. The van der Waals surface area contributed by atoms with Gasteiger partial charge in [-0.25, -0.2) is 0 Å². The van der Waals surface area contributed by atoms with E-state index < -0.39 is 0 Å². The van der Waals surface area contributed by atoms with Crippen molar-refractivity contribution >= 4 is 6.41 Å². The van der Waals surface area contributed by atoms with Crippen molar-refractivity contribution in [2.24, 2.45) is 5.92 Å². The molecule has 0 aromatic rings. The molecule has 13 heavy (non-hydrogen) atoms. The van der Waals surface area contributed by atoms with E-state index in [0.29, 0.717) is 12.0 Å². The summed E-state index contributed by atoms with van der Waals surface area (Å²) in [6, 6.07) is 0.224. The highest BCUT2D eigenvalue weighted by Gasteiger charge is 2.15. The summed E-state index contributed by atoms with van der Waals surface area (Å²) in [5.74, 6) is 0.454. The number of amides is 1. The van der Waals surface area contributed by atoms with Gasteiger partial charge in [-0.1, -0.05) is 13.8 Å². The van der Waals surface area contributed by atoms with Gasteiger partial charge in [0.15, 0.2) is 0 Å². The van der Waals surface area contributed by atoms with Crippen LogP contribution in [-0.4, -0.2) is 25.7 Å². The Balaban J connectivity index is 3.81. The standard InChI is InChI=1S/C10H21NO2/c1-5-10(13-4)6-8(2)9(3)11-7-12/h7-10H,5-6H2,1-4H3,(H,11,12). The third-order valence-corrected chi connectivity index (χ3v) is 2.61. The van der Waals surface area contributed by atoms with E-state index in [1.165, 1.54) is 0 Å². The summed E-state index contributed by atoms with van der Waals surface area (Å²) in [6.45, 7) is 6.25. The quantitative estimate of drug-likeness (QED) is 0.614. The SMILES string of the molecule is CCC(CC(C)C(C)NC=O)OC. The molecule has 0 rings (SSSR count). The highest BCUT2D eigenvalue weighted by atomic mass is 16.5. The minimum Gasteiger partial charge on any atom is -0.381 e. The molecule has 0 saturated carbocycles. The number of carbonyl (C=O) groups excluding carboxylic acids is 1. The topological polar surface area (TPSA) is 38.3 Å². The lowest BCUT2D eigenvalue weighted by Gasteiger charge is -2.23. The molecule has 3 heteroatoms. The number of carbonyl (C=O) groups is 1. The predicted octanol–water partition coefficient (Wildman–Crippen LogP) is 1.57. The van der Waals surface area contributed by atoms with Crippen LogP contribution in [0.25, 0.3) is 0 Å². The molecule has 3 unspecified atom stereocenters. The Morgan fingerprint density at radius 1 is 1.46 bits per heavy atom. The maximum atomic E-state index is 10.2. The van der Waals surface area contributed by atoms with Gasteiger partial charge >= 0.3 is 0 Å². The maximum Gasteiger partial charge on any atom is 0.207 e. The second-order valence-corrected chi connectivity index (χ2v) is 3.55. The van der Waals surface area contributed by atoms with Crippen molar-refractivity contribution in [1.29, 1.82) is 0 Å². The van der Waals surface area contributed by atoms with E-state index in [0.717, 1.165) is 19.3 Å². The molecule has 3 atom stereocenters. The van der Waals surface area contributed by atoms with E-state index >= 15 is 0 Å². The second-order valence-electron chi connectivity index (χ2n) is 3.55. The minimum atomic E-state index is 0.224. The van der Waals surface area contributed by atoms with Crippen molar-refractivity contribution in [3.63, 3.8) is 0 Å². The summed E-state index contributed by atoms with van der Waals surface area (Å²) < 4.78 is 5.28. The van der Waals surface area contributed by atoms with Crippen LogP contribution < -0.4 is 5.32 Å². The van der Waals surface area contributed by atoms with Crippen molar-refractivity contribution < 1.29 is 9.53 Å². The number of hydrogen-bond donors (Lipinski definition) is 1. The minimum absolute atomic E-state index is 0.224. The molecule has 0 aromatic heterocycles. The Labute approximate surface area is 80.8 Å². The van der Waals surface area contributed by atoms with Crippen LogP contribution in [0.3, 0.4) is 0 Å². The molecule has 0 bridgehead atoms. The smallest absolute Gasteiger partial charge is 0.207 e. The van der Waals surface area contributed by atoms with Crippen LogP contribution in [0.15, 0.2) is 0 Å². The first kappa shape index (κ1) is 12.4. The lowest BCUT2D eigenvalue weighted by atomic mass is 9.95. The number of nitrogens with one attached hydrogen (secondary N) is 1. The molecule has 0 heterocycles. The van der Waals surface area contributed by atoms with Gasteiger partial charge in [-0.05, 0) is 25.7 Å². The number of methoxy groups -OCH3 is 1. The number of rotatable bonds is 7. The van der Waals surface area contributed by atoms with Gasteiger partial charge in [0.1, 0.15) is 0 Å². The molecule has 0 spiro atoms. The van der Waals surface area contributed by atoms with Gasteiger partial charge in [-0.3, -0.25) is 4.79 Å². The van der Waals surface area contributed by atoms with Crippen molar-refractivity contribution in [2.75, 3.05) is 7.11 Å². The molecule has 1 N–H and O–H groups in total. The Morgan fingerprint density at radius 3 is 2.46 bits per heavy atom. The van der Waals surface area contributed by atoms with Crippen LogP contribution >= 0.6 is 0 Å². The van der Waals surface area contributed by atoms with E-state index in [-0.39, 0.29) is 6.04 Å². The third kappa shape index (κ3) is 4.88. The van der Waals surface area contributed by atoms with Gasteiger partial charge < -0.3 is 10.1 Å². The fourth-order valence-electron chi connectivity index (χ4n) is 1.32. The zero-order valence-electron chi connectivity index (χ0n) is 9.04. The highest BCUT2D eigenvalue weighted by molar-refractivity contribution is 5.46. The largest absolute Gasteiger partial charge is 0.381 e. The van der Waals surface area contributed by atoms with Crippen molar-refractivity contribution in [1.82, 2.24) is 5.32 Å². The summed E-state index contributed by atoms with van der Waals surface area (Å²) >= 11 is 0. The fraction of sp³-hybridized carbons (Fsp3) is 0.900. The van der Waals surface area contributed by atoms with E-state index in [2.05, 4.69) is 19.2 Å². The lowest BCUT2D eigenvalue weighted by molar-refractivity contribution is -0.110. The lowest BCUT2D eigenvalue weighted by Crippen LogP contribution is -2.33. The van der Waals surface area contributed by atoms with Gasteiger partial charge in [0, 0.05) is 13.2 Å². The molecule has 0 fully saturated rings. The van der Waals surface area contributed by atoms with E-state index in [1.54, 1.807) is 7.11 Å². The summed E-state index contributed by atoms with van der Waals surface area (Å²) in [7, 11) is 1.73. The van der Waals surface area contributed by atoms with E-state index in [1.807, 2.05) is 6.92 Å². The molecule has 0 aliphatic carbocycles. The fourth-order valence-corrected chi connectivity index (χ4v) is 1.32. The number of hydrogen-bond acceptors (Lipinski definition) is 2. The van der Waals surface area contributed by atoms with Crippen LogP contribution in [0.5, 0.6) is 0 Å². The second kappa shape index (κ2) is 6.89. The van der Waals surface area contributed by atoms with Gasteiger partial charge in [-0.2, -0.15) is 0 Å². The average molecular weight is 187 g/mol. The van der Waals surface area contributed by atoms with Crippen molar-refractivity contribution in [3.8, 4) is 0 Å². The van der Waals surface area contributed by atoms with Crippen LogP contribution in [0.1, 0.15) is 33.6 Å². The van der Waals surface area contributed by atoms with Crippen LogP contribution in [-0.2, 0) is 9.53 Å². The first-order valence-corrected chi connectivity index (χ1v) is 4.88. The molecule has 0 radical (unpaired) electrons. The molecule has 0 saturated heterocycles. The summed E-state index contributed by atoms with van der Waals surface area (Å²) in [5, 5.41) is 2.76. The normalized spacial score (nSPS) is 17.5. The zero-order valence-corrected chi connectivity index (χ0v) is 9.04. The predicted molar refractivity (Wildman–Crippen MR) is 53.5 cm³/mol. The monoisotopic (exact) mass is 187 g/mol. The molecule has 0 aliphatic heterocycles. The van der Waals surface area contributed by atoms with Crippen LogP contribution in [0.4, 0.5) is 0 Å². The average Bonchev–Trinajstić information content (AvgIpc) is 2.14. The van der Waals surface area contributed by atoms with Crippen LogP contribution in [0.2, 0.25) is 0 Å². The van der Waals surface area contributed by atoms with Gasteiger partial charge in [-0.15, -0.1) is 0 Å². The van der Waals surface area contributed by atoms with Crippen molar-refractivity contribution in [2.45, 2.75) is 45.8 Å². The van der Waals surface area contributed by atoms with Gasteiger partial charge in [0.2, 0.25) is 6.41 Å². The van der Waals surface area contributed by atoms with E-state index in [4.69, 9.17) is 4.74 Å². The van der Waals surface area contributed by atoms with E-state index in [9.17, 15) is 4.79 Å². The molecule has 0 aliphatic rings. The Morgan fingerprint density at radius 2 is 2.08 bits per heavy atom. The molecular formula is C10H21NO2. The molecule has 78 valence electrons. The first-order valence-electron chi connectivity index (χ1n) is 4.88. The van der Waals surface area contributed by atoms with Gasteiger partial charge in [0.05, 0.1) is 6.10 Å². The molecule has 3 nitrogen and oxygen atoms in total. The third-order valence-electron chi connectivity index (χ3n) is 2.61. The number of ether oxygens (including phenoxy) is 1. The highest BCUT2D eigenvalue weighted by Crippen LogP contribution is 2.14. The molecule has 1 amide bonds.